The lowest BCUT2D eigenvalue weighted by molar-refractivity contribution is 0.0993. The van der Waals surface area contributed by atoms with E-state index in [1.165, 1.54) is 12.1 Å². The minimum absolute atomic E-state index is 0.0983. The molecule has 1 amide bonds. The van der Waals surface area contributed by atoms with Crippen LogP contribution in [0.15, 0.2) is 48.5 Å². The topological polar surface area (TPSA) is 40.5 Å². The van der Waals surface area contributed by atoms with E-state index >= 15 is 0 Å². The monoisotopic (exact) mass is 241 g/mol. The van der Waals surface area contributed by atoms with Crippen LogP contribution >= 0.6 is 0 Å². The molecular weight excluding hydrogens is 226 g/mol. The third kappa shape index (κ3) is 2.51. The lowest BCUT2D eigenvalue weighted by Gasteiger charge is -2.17. The maximum absolute atomic E-state index is 12.2. The van der Waals surface area contributed by atoms with Gasteiger partial charge < -0.3 is 10.0 Å². The number of phenolic OH excluding ortho intramolecular Hbond substituents is 1. The van der Waals surface area contributed by atoms with E-state index in [0.29, 0.717) is 5.56 Å². The van der Waals surface area contributed by atoms with E-state index in [9.17, 15) is 9.90 Å². The van der Waals surface area contributed by atoms with Gasteiger partial charge in [-0.2, -0.15) is 0 Å². The first-order chi connectivity index (χ1) is 8.58. The summed E-state index contributed by atoms with van der Waals surface area (Å²) in [5.41, 5.74) is 2.55. The molecule has 92 valence electrons. The molecule has 18 heavy (non-hydrogen) atoms. The number of aromatic hydroxyl groups is 1. The molecule has 0 aromatic heterocycles. The fourth-order valence-corrected chi connectivity index (χ4v) is 1.68. The molecule has 0 aliphatic carbocycles. The van der Waals surface area contributed by atoms with E-state index in [1.807, 2.05) is 31.2 Å². The summed E-state index contributed by atoms with van der Waals surface area (Å²) in [4.78, 5) is 13.8. The Balaban J connectivity index is 2.23. The predicted molar refractivity (Wildman–Crippen MR) is 72.0 cm³/mol. The van der Waals surface area contributed by atoms with E-state index in [4.69, 9.17) is 0 Å². The third-order valence-electron chi connectivity index (χ3n) is 2.84. The van der Waals surface area contributed by atoms with Crippen molar-refractivity contribution in [3.63, 3.8) is 0 Å². The second-order valence-electron chi connectivity index (χ2n) is 4.25. The highest BCUT2D eigenvalue weighted by Crippen LogP contribution is 2.17. The fraction of sp³-hybridized carbons (Fsp3) is 0.133. The zero-order valence-electron chi connectivity index (χ0n) is 10.4. The SMILES string of the molecule is Cc1ccc(N(C)C(=O)c2ccc(O)cc2)cc1. The number of amides is 1. The standard InChI is InChI=1S/C15H15NO2/c1-11-3-7-13(8-4-11)16(2)15(18)12-5-9-14(17)10-6-12/h3-10,17H,1-2H3. The Labute approximate surface area is 106 Å². The van der Waals surface area contributed by atoms with Crippen LogP contribution in [0, 0.1) is 6.92 Å². The van der Waals surface area contributed by atoms with Crippen LogP contribution in [-0.2, 0) is 0 Å². The van der Waals surface area contributed by atoms with Crippen LogP contribution in [0.25, 0.3) is 0 Å². The van der Waals surface area contributed by atoms with Gasteiger partial charge in [-0.1, -0.05) is 17.7 Å². The Morgan fingerprint density at radius 1 is 1.00 bits per heavy atom. The zero-order chi connectivity index (χ0) is 13.1. The largest absolute Gasteiger partial charge is 0.508 e. The molecule has 0 bridgehead atoms. The Morgan fingerprint density at radius 3 is 2.11 bits per heavy atom. The van der Waals surface area contributed by atoms with Gasteiger partial charge in [-0.15, -0.1) is 0 Å². The summed E-state index contributed by atoms with van der Waals surface area (Å²) in [6, 6.07) is 14.0. The highest BCUT2D eigenvalue weighted by atomic mass is 16.3. The second-order valence-corrected chi connectivity index (χ2v) is 4.25. The molecule has 0 saturated carbocycles. The molecule has 0 unspecified atom stereocenters. The molecule has 0 spiro atoms. The smallest absolute Gasteiger partial charge is 0.258 e. The summed E-state index contributed by atoms with van der Waals surface area (Å²) in [5, 5.41) is 9.20. The van der Waals surface area contributed by atoms with Gasteiger partial charge in [0.15, 0.2) is 0 Å². The van der Waals surface area contributed by atoms with E-state index in [-0.39, 0.29) is 11.7 Å². The lowest BCUT2D eigenvalue weighted by atomic mass is 10.1. The van der Waals surface area contributed by atoms with Crippen molar-refractivity contribution in [2.45, 2.75) is 6.92 Å². The van der Waals surface area contributed by atoms with Crippen molar-refractivity contribution in [3.05, 3.63) is 59.7 Å². The Hall–Kier alpha value is -2.29. The molecule has 0 saturated heterocycles. The number of anilines is 1. The van der Waals surface area contributed by atoms with Crippen LogP contribution in [0.2, 0.25) is 0 Å². The molecule has 3 nitrogen and oxygen atoms in total. The van der Waals surface area contributed by atoms with Gasteiger partial charge in [0.05, 0.1) is 0 Å². The van der Waals surface area contributed by atoms with Gasteiger partial charge in [0.2, 0.25) is 0 Å². The van der Waals surface area contributed by atoms with E-state index in [2.05, 4.69) is 0 Å². The summed E-state index contributed by atoms with van der Waals surface area (Å²) in [5.74, 6) is 0.0587. The van der Waals surface area contributed by atoms with Gasteiger partial charge in [0.1, 0.15) is 5.75 Å². The summed E-state index contributed by atoms with van der Waals surface area (Å²) < 4.78 is 0. The molecular formula is C15H15NO2. The van der Waals surface area contributed by atoms with Crippen molar-refractivity contribution in [3.8, 4) is 5.75 Å². The average molecular weight is 241 g/mol. The molecule has 0 aliphatic rings. The van der Waals surface area contributed by atoms with E-state index in [0.717, 1.165) is 11.3 Å². The number of hydrogen-bond donors (Lipinski definition) is 1. The first-order valence-corrected chi connectivity index (χ1v) is 5.71. The number of hydrogen-bond acceptors (Lipinski definition) is 2. The first-order valence-electron chi connectivity index (χ1n) is 5.71. The predicted octanol–water partition coefficient (Wildman–Crippen LogP) is 2.98. The van der Waals surface area contributed by atoms with Crippen molar-refractivity contribution >= 4 is 11.6 Å². The molecule has 1 N–H and O–H groups in total. The van der Waals surface area contributed by atoms with Gasteiger partial charge in [-0.3, -0.25) is 4.79 Å². The summed E-state index contributed by atoms with van der Waals surface area (Å²) >= 11 is 0. The maximum Gasteiger partial charge on any atom is 0.258 e. The summed E-state index contributed by atoms with van der Waals surface area (Å²) in [6.45, 7) is 2.01. The molecule has 0 aliphatic heterocycles. The number of nitrogens with zero attached hydrogens (tertiary/aromatic N) is 1. The molecule has 0 atom stereocenters. The zero-order valence-corrected chi connectivity index (χ0v) is 10.4. The second kappa shape index (κ2) is 4.92. The number of rotatable bonds is 2. The van der Waals surface area contributed by atoms with E-state index < -0.39 is 0 Å². The molecule has 0 fully saturated rings. The van der Waals surface area contributed by atoms with Crippen LogP contribution in [-0.4, -0.2) is 18.1 Å². The van der Waals surface area contributed by atoms with Crippen LogP contribution in [0.1, 0.15) is 15.9 Å². The highest BCUT2D eigenvalue weighted by molar-refractivity contribution is 6.05. The van der Waals surface area contributed by atoms with Crippen LogP contribution in [0.4, 0.5) is 5.69 Å². The van der Waals surface area contributed by atoms with Crippen LogP contribution in [0.3, 0.4) is 0 Å². The minimum atomic E-state index is -0.0983. The average Bonchev–Trinajstić information content (AvgIpc) is 2.39. The van der Waals surface area contributed by atoms with Gasteiger partial charge in [0.25, 0.3) is 5.91 Å². The molecule has 2 aromatic rings. The van der Waals surface area contributed by atoms with Gasteiger partial charge >= 0.3 is 0 Å². The highest BCUT2D eigenvalue weighted by Gasteiger charge is 2.12. The van der Waals surface area contributed by atoms with Gasteiger partial charge in [-0.25, -0.2) is 0 Å². The van der Waals surface area contributed by atoms with Gasteiger partial charge in [-0.05, 0) is 43.3 Å². The fourth-order valence-electron chi connectivity index (χ4n) is 1.68. The number of benzene rings is 2. The van der Waals surface area contributed by atoms with Gasteiger partial charge in [0, 0.05) is 18.3 Å². The van der Waals surface area contributed by atoms with Crippen LogP contribution in [0.5, 0.6) is 5.75 Å². The van der Waals surface area contributed by atoms with E-state index in [1.54, 1.807) is 24.1 Å². The van der Waals surface area contributed by atoms with Crippen LogP contribution < -0.4 is 4.90 Å². The lowest BCUT2D eigenvalue weighted by Crippen LogP contribution is -2.26. The van der Waals surface area contributed by atoms with Crippen molar-refractivity contribution in [1.29, 1.82) is 0 Å². The Morgan fingerprint density at radius 2 is 1.56 bits per heavy atom. The number of carbonyl (C=O) groups excluding carboxylic acids is 1. The number of phenols is 1. The third-order valence-corrected chi connectivity index (χ3v) is 2.84. The van der Waals surface area contributed by atoms with Crippen molar-refractivity contribution in [2.75, 3.05) is 11.9 Å². The quantitative estimate of drug-likeness (QED) is 0.878. The number of aryl methyl sites for hydroxylation is 1. The van der Waals surface area contributed by atoms with Crippen molar-refractivity contribution < 1.29 is 9.90 Å². The van der Waals surface area contributed by atoms with Crippen molar-refractivity contribution in [2.24, 2.45) is 0 Å². The molecule has 2 rings (SSSR count). The molecule has 0 radical (unpaired) electrons. The van der Waals surface area contributed by atoms with Crippen molar-refractivity contribution in [1.82, 2.24) is 0 Å². The molecule has 3 heteroatoms. The minimum Gasteiger partial charge on any atom is -0.508 e. The molecule has 0 heterocycles. The molecule has 2 aromatic carbocycles. The maximum atomic E-state index is 12.2. The summed E-state index contributed by atoms with van der Waals surface area (Å²) in [7, 11) is 1.74. The normalized spacial score (nSPS) is 10.1. The summed E-state index contributed by atoms with van der Waals surface area (Å²) in [6.07, 6.45) is 0. The number of carbonyl (C=O) groups is 1. The Kier molecular flexibility index (Phi) is 3.33. The first kappa shape index (κ1) is 12.2. The Bertz CT molecular complexity index is 544.